The summed E-state index contributed by atoms with van der Waals surface area (Å²) in [7, 11) is 0. The van der Waals surface area contributed by atoms with Crippen LogP contribution in [-0.2, 0) is 12.6 Å². The summed E-state index contributed by atoms with van der Waals surface area (Å²) in [6.07, 6.45) is -4.33. The fraction of sp³-hybridized carbons (Fsp3) is 0.595. The molecule has 3 aliphatic rings. The molecule has 1 saturated heterocycles. The van der Waals surface area contributed by atoms with Gasteiger partial charge in [-0.05, 0) is 73.1 Å². The number of rotatable bonds is 9. The highest BCUT2D eigenvalue weighted by molar-refractivity contribution is 5.85. The van der Waals surface area contributed by atoms with Crippen LogP contribution in [0.3, 0.4) is 0 Å². The lowest BCUT2D eigenvalue weighted by atomic mass is 9.68. The average Bonchev–Trinajstić information content (AvgIpc) is 3.09. The zero-order chi connectivity index (χ0) is 36.7. The van der Waals surface area contributed by atoms with Gasteiger partial charge in [0.25, 0.3) is 0 Å². The maximum atomic E-state index is 17.2. The van der Waals surface area contributed by atoms with Gasteiger partial charge in [0.15, 0.2) is 11.9 Å². The molecule has 294 valence electrons. The number of piperidine rings is 1. The van der Waals surface area contributed by atoms with Crippen molar-refractivity contribution >= 4 is 30.8 Å². The number of benzene rings is 1. The number of alkyl halides is 6. The molecule has 3 atom stereocenters. The van der Waals surface area contributed by atoms with Crippen LogP contribution in [-0.4, -0.2) is 68.6 Å². The number of aromatic nitrogens is 3. The summed E-state index contributed by atoms with van der Waals surface area (Å²) in [6.45, 7) is 4.41. The summed E-state index contributed by atoms with van der Waals surface area (Å²) in [5, 5.41) is 30.1. The molecule has 16 heteroatoms. The highest BCUT2D eigenvalue weighted by Gasteiger charge is 2.44. The lowest BCUT2D eigenvalue weighted by molar-refractivity contribution is -0.137. The Bertz CT molecular complexity index is 1670. The van der Waals surface area contributed by atoms with Crippen molar-refractivity contribution < 1.29 is 46.4 Å². The van der Waals surface area contributed by atoms with E-state index in [2.05, 4.69) is 9.97 Å². The maximum absolute atomic E-state index is 17.2. The van der Waals surface area contributed by atoms with Crippen molar-refractivity contribution in [3.63, 3.8) is 0 Å². The lowest BCUT2D eigenvalue weighted by Gasteiger charge is -2.41. The molecular formula is C37H46Cl2F6N4O4. The standard InChI is InChI=1S/C37H44F6N4O4.2ClH/c1-35(2)15-27-30(28(50)16-35)29(21-7-11-36(39,40)12-8-21)31(32(38)22-3-5-24(6-4-22)37(41,42)43)33(46-27)23-9-13-47(14-10-23)34-44-17-26(18-45-34)51-20-25(49)19-48;;/h3-6,17-18,21,23,25,28,32,48-50H,7-16,19-20H2,1-2H3;2*1H/t25-,28+,32?;;/m1../s1. The number of aliphatic hydroxyl groups excluding tert-OH is 3. The Morgan fingerprint density at radius 2 is 1.55 bits per heavy atom. The second-order valence-corrected chi connectivity index (χ2v) is 15.0. The molecular weight excluding hydrogens is 749 g/mol. The molecule has 0 spiro atoms. The number of hydrogen-bond donors (Lipinski definition) is 3. The lowest BCUT2D eigenvalue weighted by Crippen LogP contribution is -2.36. The Labute approximate surface area is 317 Å². The summed E-state index contributed by atoms with van der Waals surface area (Å²) in [4.78, 5) is 15.8. The van der Waals surface area contributed by atoms with E-state index in [1.165, 1.54) is 12.4 Å². The van der Waals surface area contributed by atoms with Crippen molar-refractivity contribution in [1.29, 1.82) is 0 Å². The number of halogens is 8. The normalized spacial score (nSPS) is 21.5. The van der Waals surface area contributed by atoms with E-state index in [9.17, 15) is 32.2 Å². The third-order valence-corrected chi connectivity index (χ3v) is 10.5. The first-order valence-electron chi connectivity index (χ1n) is 17.5. The topological polar surface area (TPSA) is 112 Å². The van der Waals surface area contributed by atoms with Gasteiger partial charge in [-0.15, -0.1) is 24.8 Å². The first-order chi connectivity index (χ1) is 24.0. The van der Waals surface area contributed by atoms with Crippen molar-refractivity contribution in [2.45, 2.75) is 108 Å². The van der Waals surface area contributed by atoms with Crippen LogP contribution in [0.5, 0.6) is 5.75 Å². The minimum atomic E-state index is -4.61. The average molecular weight is 796 g/mol. The summed E-state index contributed by atoms with van der Waals surface area (Å²) < 4.78 is 91.8. The third-order valence-electron chi connectivity index (χ3n) is 10.5. The van der Waals surface area contributed by atoms with E-state index >= 15 is 4.39 Å². The number of hydrogen-bond acceptors (Lipinski definition) is 8. The van der Waals surface area contributed by atoms with E-state index in [4.69, 9.17) is 14.8 Å². The molecule has 1 saturated carbocycles. The summed E-state index contributed by atoms with van der Waals surface area (Å²) in [5.74, 6) is -2.85. The van der Waals surface area contributed by atoms with Crippen LogP contribution in [0.25, 0.3) is 0 Å². The van der Waals surface area contributed by atoms with Crippen molar-refractivity contribution in [1.82, 2.24) is 15.0 Å². The monoisotopic (exact) mass is 794 g/mol. The summed E-state index contributed by atoms with van der Waals surface area (Å²) in [6, 6.07) is 3.92. The second-order valence-electron chi connectivity index (χ2n) is 15.0. The third kappa shape index (κ3) is 9.67. The van der Waals surface area contributed by atoms with Crippen LogP contribution < -0.4 is 9.64 Å². The molecule has 2 aliphatic carbocycles. The van der Waals surface area contributed by atoms with E-state index in [0.717, 1.165) is 24.3 Å². The number of fused-ring (bicyclic) bond motifs is 1. The van der Waals surface area contributed by atoms with E-state index in [0.29, 0.717) is 73.0 Å². The Morgan fingerprint density at radius 1 is 0.943 bits per heavy atom. The predicted octanol–water partition coefficient (Wildman–Crippen LogP) is 8.21. The quantitative estimate of drug-likeness (QED) is 0.186. The number of pyridine rings is 1. The Kier molecular flexibility index (Phi) is 13.6. The minimum absolute atomic E-state index is 0. The van der Waals surface area contributed by atoms with E-state index in [1.54, 1.807) is 0 Å². The number of nitrogens with zero attached hydrogens (tertiary/aromatic N) is 4. The molecule has 8 nitrogen and oxygen atoms in total. The van der Waals surface area contributed by atoms with Crippen LogP contribution in [0.4, 0.5) is 32.3 Å². The second kappa shape index (κ2) is 16.8. The van der Waals surface area contributed by atoms with Crippen LogP contribution in [0.2, 0.25) is 0 Å². The fourth-order valence-electron chi connectivity index (χ4n) is 7.86. The Morgan fingerprint density at radius 3 is 2.11 bits per heavy atom. The molecule has 3 N–H and O–H groups in total. The van der Waals surface area contributed by atoms with Crippen molar-refractivity contribution in [3.05, 3.63) is 75.9 Å². The van der Waals surface area contributed by atoms with Gasteiger partial charge < -0.3 is 25.0 Å². The van der Waals surface area contributed by atoms with Gasteiger partial charge in [0.05, 0.1) is 36.4 Å². The Hall–Kier alpha value is -2.91. The first kappa shape index (κ1) is 42.8. The molecule has 0 bridgehead atoms. The largest absolute Gasteiger partial charge is 0.488 e. The molecule has 0 radical (unpaired) electrons. The van der Waals surface area contributed by atoms with E-state index in [1.807, 2.05) is 18.7 Å². The van der Waals surface area contributed by atoms with Crippen LogP contribution in [0.15, 0.2) is 36.7 Å². The molecule has 2 aromatic heterocycles. The molecule has 6 rings (SSSR count). The highest BCUT2D eigenvalue weighted by Crippen LogP contribution is 2.52. The zero-order valence-corrected chi connectivity index (χ0v) is 31.1. The number of anilines is 1. The molecule has 1 aliphatic heterocycles. The predicted molar refractivity (Wildman–Crippen MR) is 191 cm³/mol. The fourth-order valence-corrected chi connectivity index (χ4v) is 7.86. The van der Waals surface area contributed by atoms with Crippen molar-refractivity contribution in [3.8, 4) is 5.75 Å². The van der Waals surface area contributed by atoms with Crippen molar-refractivity contribution in [2.75, 3.05) is 31.2 Å². The van der Waals surface area contributed by atoms with Crippen LogP contribution in [0.1, 0.15) is 122 Å². The van der Waals surface area contributed by atoms with Gasteiger partial charge in [0.1, 0.15) is 12.7 Å². The molecule has 0 amide bonds. The highest BCUT2D eigenvalue weighted by atomic mass is 35.5. The molecule has 1 aromatic carbocycles. The number of ether oxygens (including phenoxy) is 1. The van der Waals surface area contributed by atoms with Crippen LogP contribution in [0, 0.1) is 5.41 Å². The zero-order valence-electron chi connectivity index (χ0n) is 29.5. The molecule has 3 aromatic rings. The molecule has 3 heterocycles. The summed E-state index contributed by atoms with van der Waals surface area (Å²) in [5.41, 5.74) is 1.01. The van der Waals surface area contributed by atoms with Gasteiger partial charge >= 0.3 is 6.18 Å². The van der Waals surface area contributed by atoms with Crippen LogP contribution >= 0.6 is 24.8 Å². The minimum Gasteiger partial charge on any atom is -0.488 e. The number of aliphatic hydroxyl groups is 3. The molecule has 2 fully saturated rings. The van der Waals surface area contributed by atoms with Gasteiger partial charge in [-0.1, -0.05) is 26.0 Å². The van der Waals surface area contributed by atoms with Gasteiger partial charge in [-0.2, -0.15) is 13.2 Å². The van der Waals surface area contributed by atoms with E-state index < -0.39 is 48.6 Å². The summed E-state index contributed by atoms with van der Waals surface area (Å²) >= 11 is 0. The Balaban J connectivity index is 0.00000314. The smallest absolute Gasteiger partial charge is 0.416 e. The first-order valence-corrected chi connectivity index (χ1v) is 17.5. The van der Waals surface area contributed by atoms with Gasteiger partial charge in [0.2, 0.25) is 11.9 Å². The molecule has 1 unspecified atom stereocenters. The molecule has 53 heavy (non-hydrogen) atoms. The van der Waals surface area contributed by atoms with Crippen molar-refractivity contribution in [2.24, 2.45) is 5.41 Å². The van der Waals surface area contributed by atoms with Gasteiger partial charge in [0, 0.05) is 48.7 Å². The SMILES string of the molecule is CC1(C)Cc2nc(C3CCN(c4ncc(OC[C@H](O)CO)cn4)CC3)c(C(F)c3ccc(C(F)(F)F)cc3)c(C3CCC(F)(F)CC3)c2[C@@H](O)C1.Cl.Cl. The van der Waals surface area contributed by atoms with E-state index in [-0.39, 0.29) is 79.6 Å². The van der Waals surface area contributed by atoms with Gasteiger partial charge in [-0.25, -0.2) is 23.1 Å². The van der Waals surface area contributed by atoms with Gasteiger partial charge in [-0.3, -0.25) is 4.98 Å². The maximum Gasteiger partial charge on any atom is 0.416 e.